The summed E-state index contributed by atoms with van der Waals surface area (Å²) in [6.07, 6.45) is 7.06. The molecule has 0 bridgehead atoms. The van der Waals surface area contributed by atoms with Crippen molar-refractivity contribution in [2.45, 2.75) is 44.8 Å². The van der Waals surface area contributed by atoms with Gasteiger partial charge in [0.2, 0.25) is 0 Å². The lowest BCUT2D eigenvalue weighted by molar-refractivity contribution is -0.124. The fourth-order valence-corrected chi connectivity index (χ4v) is 5.82. The zero-order valence-corrected chi connectivity index (χ0v) is 22.3. The number of thioether (sulfide) groups is 1. The predicted molar refractivity (Wildman–Crippen MR) is 152 cm³/mol. The molecule has 3 aromatic carbocycles. The van der Waals surface area contributed by atoms with E-state index < -0.39 is 5.97 Å². The maximum Gasteiger partial charge on any atom is 0.335 e. The second-order valence-electron chi connectivity index (χ2n) is 9.32. The van der Waals surface area contributed by atoms with E-state index in [1.807, 2.05) is 59.5 Å². The third kappa shape index (κ3) is 6.29. The number of amidine groups is 1. The molecular formula is C30H27ClN2O4S. The van der Waals surface area contributed by atoms with Crippen molar-refractivity contribution in [3.8, 4) is 5.75 Å². The maximum absolute atomic E-state index is 13.6. The maximum atomic E-state index is 13.6. The molecule has 8 heteroatoms. The molecule has 1 aliphatic carbocycles. The number of nitrogens with zero attached hydrogens (tertiary/aromatic N) is 2. The second-order valence-corrected chi connectivity index (χ2v) is 10.8. The zero-order valence-electron chi connectivity index (χ0n) is 20.7. The molecule has 2 fully saturated rings. The van der Waals surface area contributed by atoms with Crippen molar-refractivity contribution >= 4 is 52.2 Å². The van der Waals surface area contributed by atoms with Crippen LogP contribution in [-0.2, 0) is 11.4 Å². The van der Waals surface area contributed by atoms with Gasteiger partial charge < -0.3 is 9.84 Å². The number of halogens is 1. The van der Waals surface area contributed by atoms with E-state index in [0.717, 1.165) is 36.8 Å². The molecule has 1 amide bonds. The molecule has 38 heavy (non-hydrogen) atoms. The van der Waals surface area contributed by atoms with Crippen LogP contribution in [0.3, 0.4) is 0 Å². The Kier molecular flexibility index (Phi) is 8.15. The molecule has 1 heterocycles. The van der Waals surface area contributed by atoms with Crippen LogP contribution < -0.4 is 4.74 Å². The highest BCUT2D eigenvalue weighted by Gasteiger charge is 2.38. The minimum absolute atomic E-state index is 0.0671. The number of hydrogen-bond acceptors (Lipinski definition) is 5. The van der Waals surface area contributed by atoms with Crippen LogP contribution in [0.5, 0.6) is 5.75 Å². The molecule has 5 rings (SSSR count). The van der Waals surface area contributed by atoms with E-state index >= 15 is 0 Å². The molecular weight excluding hydrogens is 520 g/mol. The summed E-state index contributed by atoms with van der Waals surface area (Å²) in [5.41, 5.74) is 2.54. The van der Waals surface area contributed by atoms with E-state index in [9.17, 15) is 14.7 Å². The molecule has 2 aliphatic rings. The Bertz CT molecular complexity index is 1400. The third-order valence-electron chi connectivity index (χ3n) is 6.57. The highest BCUT2D eigenvalue weighted by atomic mass is 35.5. The molecule has 0 spiro atoms. The van der Waals surface area contributed by atoms with Crippen molar-refractivity contribution in [3.63, 3.8) is 0 Å². The summed E-state index contributed by atoms with van der Waals surface area (Å²) >= 11 is 7.29. The highest BCUT2D eigenvalue weighted by molar-refractivity contribution is 8.18. The summed E-state index contributed by atoms with van der Waals surface area (Å²) in [5, 5.41) is 10.6. The number of carboxylic acids is 1. The summed E-state index contributed by atoms with van der Waals surface area (Å²) in [6.45, 7) is 0.409. The van der Waals surface area contributed by atoms with Gasteiger partial charge in [0.1, 0.15) is 12.4 Å². The molecule has 6 nitrogen and oxygen atoms in total. The SMILES string of the molecule is O=C(O)c1cccc(N=C2S/C(=C\c3cccc(OCc4ccc(Cl)cc4)c3)C(=O)N2C2CCCCC2)c1. The molecule has 1 aliphatic heterocycles. The van der Waals surface area contributed by atoms with E-state index in [2.05, 4.69) is 0 Å². The molecule has 1 saturated heterocycles. The normalized spacial score (nSPS) is 18.3. The smallest absolute Gasteiger partial charge is 0.335 e. The molecule has 0 radical (unpaired) electrons. The number of aromatic carboxylic acids is 1. The fourth-order valence-electron chi connectivity index (χ4n) is 4.64. The lowest BCUT2D eigenvalue weighted by atomic mass is 9.94. The van der Waals surface area contributed by atoms with Crippen LogP contribution in [0.1, 0.15) is 53.6 Å². The van der Waals surface area contributed by atoms with E-state index in [-0.39, 0.29) is 17.5 Å². The molecule has 0 unspecified atom stereocenters. The first-order valence-electron chi connectivity index (χ1n) is 12.6. The topological polar surface area (TPSA) is 79.2 Å². The molecule has 0 aromatic heterocycles. The quantitative estimate of drug-likeness (QED) is 0.309. The molecule has 3 aromatic rings. The Morgan fingerprint density at radius 1 is 1.05 bits per heavy atom. The van der Waals surface area contributed by atoms with E-state index in [0.29, 0.717) is 33.1 Å². The molecule has 194 valence electrons. The van der Waals surface area contributed by atoms with Crippen molar-refractivity contribution in [1.82, 2.24) is 4.90 Å². The number of ether oxygens (including phenoxy) is 1. The van der Waals surface area contributed by atoms with Crippen molar-refractivity contribution in [3.05, 3.63) is 99.4 Å². The van der Waals surface area contributed by atoms with Gasteiger partial charge >= 0.3 is 5.97 Å². The summed E-state index contributed by atoms with van der Waals surface area (Å²) < 4.78 is 5.96. The van der Waals surface area contributed by atoms with E-state index in [4.69, 9.17) is 21.3 Å². The zero-order chi connectivity index (χ0) is 26.5. The average molecular weight is 547 g/mol. The van der Waals surface area contributed by atoms with Gasteiger partial charge in [-0.3, -0.25) is 9.69 Å². The Balaban J connectivity index is 1.40. The van der Waals surface area contributed by atoms with Crippen LogP contribution in [0.25, 0.3) is 6.08 Å². The van der Waals surface area contributed by atoms with Crippen molar-refractivity contribution in [2.75, 3.05) is 0 Å². The Morgan fingerprint density at radius 3 is 2.58 bits per heavy atom. The largest absolute Gasteiger partial charge is 0.489 e. The third-order valence-corrected chi connectivity index (χ3v) is 7.80. The summed E-state index contributed by atoms with van der Waals surface area (Å²) in [5.74, 6) is -0.374. The molecule has 1 N–H and O–H groups in total. The number of hydrogen-bond donors (Lipinski definition) is 1. The van der Waals surface area contributed by atoms with Crippen LogP contribution >= 0.6 is 23.4 Å². The lowest BCUT2D eigenvalue weighted by Crippen LogP contribution is -2.40. The number of rotatable bonds is 7. The summed E-state index contributed by atoms with van der Waals surface area (Å²) in [7, 11) is 0. The Hall–Kier alpha value is -3.55. The first kappa shape index (κ1) is 26.1. The van der Waals surface area contributed by atoms with Crippen LogP contribution in [0.2, 0.25) is 5.02 Å². The second kappa shape index (κ2) is 11.9. The Morgan fingerprint density at radius 2 is 1.82 bits per heavy atom. The highest BCUT2D eigenvalue weighted by Crippen LogP contribution is 2.38. The lowest BCUT2D eigenvalue weighted by Gasteiger charge is -2.30. The van der Waals surface area contributed by atoms with Gasteiger partial charge in [-0.25, -0.2) is 9.79 Å². The minimum Gasteiger partial charge on any atom is -0.489 e. The predicted octanol–water partition coefficient (Wildman–Crippen LogP) is 7.55. The summed E-state index contributed by atoms with van der Waals surface area (Å²) in [6, 6.07) is 21.7. The van der Waals surface area contributed by atoms with Gasteiger partial charge in [-0.05, 0) is 84.3 Å². The average Bonchev–Trinajstić information content (AvgIpc) is 3.23. The number of benzene rings is 3. The van der Waals surface area contributed by atoms with Crippen molar-refractivity contribution in [1.29, 1.82) is 0 Å². The van der Waals surface area contributed by atoms with Gasteiger partial charge in [-0.1, -0.05) is 61.2 Å². The summed E-state index contributed by atoms with van der Waals surface area (Å²) in [4.78, 5) is 32.2. The fraction of sp³-hybridized carbons (Fsp3) is 0.233. The number of amides is 1. The first-order chi connectivity index (χ1) is 18.5. The van der Waals surface area contributed by atoms with Crippen molar-refractivity contribution in [2.24, 2.45) is 4.99 Å². The molecule has 1 saturated carbocycles. The molecule has 0 atom stereocenters. The van der Waals surface area contributed by atoms with Gasteiger partial charge in [0.15, 0.2) is 5.17 Å². The van der Waals surface area contributed by atoms with E-state index in [1.165, 1.54) is 30.3 Å². The standard InChI is InChI=1S/C30H27ClN2O4S/c31-23-14-12-20(13-15-23)19-37-26-11-4-6-21(16-26)17-27-28(34)33(25-9-2-1-3-10-25)30(38-27)32-24-8-5-7-22(18-24)29(35)36/h4-8,11-18,25H,1-3,9-10,19H2,(H,35,36)/b27-17-,32-30?. The monoisotopic (exact) mass is 546 g/mol. The minimum atomic E-state index is -1.01. The van der Waals surface area contributed by atoms with Crippen LogP contribution in [0, 0.1) is 0 Å². The van der Waals surface area contributed by atoms with Gasteiger partial charge in [0.25, 0.3) is 5.91 Å². The number of carboxylic acid groups (broad SMARTS) is 1. The number of carbonyl (C=O) groups is 2. The van der Waals surface area contributed by atoms with Crippen LogP contribution in [0.15, 0.2) is 82.7 Å². The van der Waals surface area contributed by atoms with Gasteiger partial charge in [0, 0.05) is 11.1 Å². The van der Waals surface area contributed by atoms with Gasteiger partial charge in [-0.2, -0.15) is 0 Å². The van der Waals surface area contributed by atoms with Gasteiger partial charge in [0.05, 0.1) is 16.2 Å². The Labute approximate surface area is 231 Å². The van der Waals surface area contributed by atoms with Crippen molar-refractivity contribution < 1.29 is 19.4 Å². The van der Waals surface area contributed by atoms with Gasteiger partial charge in [-0.15, -0.1) is 0 Å². The van der Waals surface area contributed by atoms with Crippen LogP contribution in [-0.4, -0.2) is 33.1 Å². The number of aliphatic imine (C=N–C) groups is 1. The van der Waals surface area contributed by atoms with Crippen LogP contribution in [0.4, 0.5) is 5.69 Å². The van der Waals surface area contributed by atoms with E-state index in [1.54, 1.807) is 12.1 Å². The first-order valence-corrected chi connectivity index (χ1v) is 13.8. The number of carbonyl (C=O) groups excluding carboxylic acids is 1.